The van der Waals surface area contributed by atoms with E-state index in [1.165, 1.54) is 44.5 Å². The minimum absolute atomic E-state index is 0.0110. The molecule has 5 aliphatic rings. The zero-order chi connectivity index (χ0) is 43.2. The van der Waals surface area contributed by atoms with Crippen molar-refractivity contribution < 1.29 is 9.90 Å². The maximum absolute atomic E-state index is 15.1. The molecule has 0 bridgehead atoms. The number of aliphatic hydroxyl groups excluding tert-OH is 1. The van der Waals surface area contributed by atoms with Gasteiger partial charge in [-0.25, -0.2) is 4.99 Å². The summed E-state index contributed by atoms with van der Waals surface area (Å²) in [6.45, 7) is 8.78. The van der Waals surface area contributed by atoms with E-state index in [1.807, 2.05) is 18.2 Å². The van der Waals surface area contributed by atoms with Gasteiger partial charge in [-0.05, 0) is 93.1 Å². The molecule has 0 radical (unpaired) electrons. The van der Waals surface area contributed by atoms with E-state index in [0.29, 0.717) is 27.3 Å². The van der Waals surface area contributed by atoms with Crippen LogP contribution in [-0.2, 0) is 41.8 Å². The highest BCUT2D eigenvalue weighted by atomic mass is 16.3. The van der Waals surface area contributed by atoms with E-state index in [4.69, 9.17) is 4.99 Å². The molecule has 3 aliphatic carbocycles. The Morgan fingerprint density at radius 3 is 1.55 bits per heavy atom. The van der Waals surface area contributed by atoms with Gasteiger partial charge in [0.1, 0.15) is 5.76 Å². The Morgan fingerprint density at radius 2 is 1.00 bits per heavy atom. The van der Waals surface area contributed by atoms with Crippen LogP contribution in [0.1, 0.15) is 77.8 Å². The van der Waals surface area contributed by atoms with E-state index < -0.39 is 11.3 Å². The van der Waals surface area contributed by atoms with Gasteiger partial charge in [-0.3, -0.25) is 4.79 Å². The number of carbonyl (C=O) groups is 1. The highest BCUT2D eigenvalue weighted by Gasteiger charge is 2.49. The quantitative estimate of drug-likeness (QED) is 0.139. The van der Waals surface area contributed by atoms with Crippen molar-refractivity contribution in [2.45, 2.75) is 64.7 Å². The van der Waals surface area contributed by atoms with E-state index in [-0.39, 0.29) is 11.5 Å². The highest BCUT2D eigenvalue weighted by molar-refractivity contribution is 6.52. The number of hydrogen-bond donors (Lipinski definition) is 4. The number of aliphatic hydroxyl groups is 1. The molecule has 8 aromatic carbocycles. The van der Waals surface area contributed by atoms with Crippen LogP contribution >= 0.6 is 0 Å². The van der Waals surface area contributed by atoms with Gasteiger partial charge in [-0.1, -0.05) is 149 Å². The first kappa shape index (κ1) is 37.1. The lowest BCUT2D eigenvalue weighted by molar-refractivity contribution is -0.109. The number of fused-ring (bicyclic) bond motifs is 10. The molecule has 0 atom stereocenters. The summed E-state index contributed by atoms with van der Waals surface area (Å²) in [5.41, 5.74) is 16.6. The minimum atomic E-state index is -0.927. The second kappa shape index (κ2) is 13.1. The third-order valence-electron chi connectivity index (χ3n) is 14.9. The first-order valence-electron chi connectivity index (χ1n) is 22.9. The molecule has 2 aliphatic heterocycles. The lowest BCUT2D eigenvalue weighted by Gasteiger charge is -2.41. The van der Waals surface area contributed by atoms with Gasteiger partial charge >= 0.3 is 0 Å². The molecule has 0 unspecified atom stereocenters. The molecule has 0 fully saturated rings. The second-order valence-electron chi connectivity index (χ2n) is 18.1. The first-order valence-corrected chi connectivity index (χ1v) is 22.9. The summed E-state index contributed by atoms with van der Waals surface area (Å²) in [6, 6.07) is 47.8. The Labute approximate surface area is 371 Å². The van der Waals surface area contributed by atoms with Crippen molar-refractivity contribution in [2.75, 3.05) is 16.0 Å². The van der Waals surface area contributed by atoms with Crippen molar-refractivity contribution in [3.8, 4) is 22.3 Å². The number of Topliss-reactive ketones (excluding diaryl/α,β-unsaturated/α-hetero) is 1. The van der Waals surface area contributed by atoms with Gasteiger partial charge in [0.25, 0.3) is 0 Å². The number of nitrogens with zero attached hydrogens (tertiary/aromatic N) is 1. The summed E-state index contributed by atoms with van der Waals surface area (Å²) in [5.74, 6) is -0.209. The maximum atomic E-state index is 15.1. The van der Waals surface area contributed by atoms with Gasteiger partial charge in [-0.15, -0.1) is 0 Å². The Kier molecular flexibility index (Phi) is 7.58. The predicted molar refractivity (Wildman–Crippen MR) is 260 cm³/mol. The van der Waals surface area contributed by atoms with E-state index in [9.17, 15) is 5.11 Å². The normalized spacial score (nSPS) is 17.0. The van der Waals surface area contributed by atoms with E-state index in [2.05, 4.69) is 159 Å². The summed E-state index contributed by atoms with van der Waals surface area (Å²) in [7, 11) is 0. The minimum Gasteiger partial charge on any atom is -0.506 e. The van der Waals surface area contributed by atoms with E-state index in [1.54, 1.807) is 0 Å². The average Bonchev–Trinajstić information content (AvgIpc) is 3.73. The number of carbonyl (C=O) groups excluding carboxylic acids is 1. The van der Waals surface area contributed by atoms with Gasteiger partial charge in [0, 0.05) is 55.2 Å². The van der Waals surface area contributed by atoms with Crippen LogP contribution in [0.3, 0.4) is 0 Å². The summed E-state index contributed by atoms with van der Waals surface area (Å²) in [4.78, 5) is 20.9. The number of nitrogens with one attached hydrogen (secondary N) is 3. The van der Waals surface area contributed by atoms with Crippen molar-refractivity contribution in [1.29, 1.82) is 0 Å². The third-order valence-corrected chi connectivity index (χ3v) is 14.9. The van der Waals surface area contributed by atoms with Crippen molar-refractivity contribution in [3.05, 3.63) is 200 Å². The Balaban J connectivity index is 1.04. The highest BCUT2D eigenvalue weighted by Crippen LogP contribution is 2.56. The number of aryl methyl sites for hydroxylation is 4. The number of benzene rings is 8. The molecule has 310 valence electrons. The summed E-state index contributed by atoms with van der Waals surface area (Å²) in [5, 5.41) is 29.8. The largest absolute Gasteiger partial charge is 0.506 e. The Hall–Kier alpha value is -7.44. The zero-order valence-corrected chi connectivity index (χ0v) is 36.3. The van der Waals surface area contributed by atoms with Crippen molar-refractivity contribution in [3.63, 3.8) is 0 Å². The summed E-state index contributed by atoms with van der Waals surface area (Å²) < 4.78 is 0. The predicted octanol–water partition coefficient (Wildman–Crippen LogP) is 11.6. The van der Waals surface area contributed by atoms with Crippen LogP contribution in [0.25, 0.3) is 54.9 Å². The monoisotopic (exact) mass is 830 g/mol. The number of anilines is 3. The van der Waals surface area contributed by atoms with Crippen molar-refractivity contribution in [2.24, 2.45) is 4.99 Å². The molecular weight excluding hydrogens is 785 g/mol. The van der Waals surface area contributed by atoms with Gasteiger partial charge in [0.05, 0.1) is 22.2 Å². The van der Waals surface area contributed by atoms with Crippen LogP contribution in [0.4, 0.5) is 17.1 Å². The van der Waals surface area contributed by atoms with Gasteiger partial charge < -0.3 is 21.1 Å². The molecule has 13 rings (SSSR count). The van der Waals surface area contributed by atoms with Crippen LogP contribution in [0.5, 0.6) is 0 Å². The average molecular weight is 831 g/mol. The molecule has 2 heterocycles. The fourth-order valence-electron chi connectivity index (χ4n) is 11.6. The molecule has 0 saturated carbocycles. The molecule has 2 spiro atoms. The number of ketones is 1. The second-order valence-corrected chi connectivity index (χ2v) is 18.1. The number of rotatable bonds is 5. The van der Waals surface area contributed by atoms with Gasteiger partial charge in [0.15, 0.2) is 11.3 Å². The molecule has 6 heteroatoms. The number of allylic oxidation sites excluding steroid dienone is 2. The van der Waals surface area contributed by atoms with Gasteiger partial charge in [-0.2, -0.15) is 0 Å². The van der Waals surface area contributed by atoms with Gasteiger partial charge in [0.2, 0.25) is 5.78 Å². The zero-order valence-electron chi connectivity index (χ0n) is 36.3. The molecule has 8 aromatic rings. The Bertz CT molecular complexity index is 3530. The first-order chi connectivity index (χ1) is 31.3. The number of hydrogen-bond acceptors (Lipinski definition) is 6. The molecule has 64 heavy (non-hydrogen) atoms. The molecule has 6 nitrogen and oxygen atoms in total. The lowest BCUT2D eigenvalue weighted by atomic mass is 9.79. The fourth-order valence-corrected chi connectivity index (χ4v) is 11.6. The van der Waals surface area contributed by atoms with Crippen molar-refractivity contribution in [1.82, 2.24) is 0 Å². The van der Waals surface area contributed by atoms with Crippen LogP contribution in [0.15, 0.2) is 144 Å². The molecular formula is C58H46N4O2. The lowest BCUT2D eigenvalue weighted by Crippen LogP contribution is -2.45. The van der Waals surface area contributed by atoms with Crippen LogP contribution in [0, 0.1) is 0 Å². The van der Waals surface area contributed by atoms with Crippen LogP contribution < -0.4 is 26.5 Å². The smallest absolute Gasteiger partial charge is 0.201 e. The molecule has 0 amide bonds. The Morgan fingerprint density at radius 1 is 0.500 bits per heavy atom. The van der Waals surface area contributed by atoms with Crippen molar-refractivity contribution >= 4 is 55.5 Å². The maximum Gasteiger partial charge on any atom is 0.201 e. The van der Waals surface area contributed by atoms with E-state index in [0.717, 1.165) is 86.5 Å². The molecule has 0 aromatic heterocycles. The summed E-state index contributed by atoms with van der Waals surface area (Å²) >= 11 is 0. The molecule has 4 N–H and O–H groups in total. The molecule has 0 saturated heterocycles. The fraction of sp³-hybridized carbons (Fsp3) is 0.172. The standard InChI is InChI=1S/C58H46N4O2/c1-5-31-15-23-43-39(27-31)40-28-32(6-2)16-24-44(40)57(43)59-47-13-9-11-35-19-21-37(53(61-57)49(35)47)51-55(63)52(56(51)64)38-22-20-36-12-10-14-48-50(36)54(38)62-58(60-48)45-25-17-33(7-3)29-41(45)42-30-34(8-4)18-26-46(42)58/h9-30,59-61,63H,5-8H2,1-4H3/b52-38+. The summed E-state index contributed by atoms with van der Waals surface area (Å²) in [6.07, 6.45) is 3.75. The SMILES string of the molecule is CCc1ccc2c(c1)-c1cc(CC)ccc1C21N=c2/c(=C3/C(=O)C(c4ccc5cccc6c5c4NC4(N6)c5ccc(CC)cc5-c5cc(CC)ccc54)=C3O)ccc3cccc(c23)N1. The van der Waals surface area contributed by atoms with E-state index >= 15 is 4.79 Å². The van der Waals surface area contributed by atoms with Crippen LogP contribution in [0.2, 0.25) is 0 Å². The topological polar surface area (TPSA) is 85.8 Å². The third kappa shape index (κ3) is 4.70. The van der Waals surface area contributed by atoms with Crippen LogP contribution in [-0.4, -0.2) is 10.9 Å².